The number of carbonyl (C=O) groups excluding carboxylic acids is 4. The molecule has 0 bridgehead atoms. The van der Waals surface area contributed by atoms with Gasteiger partial charge < -0.3 is 33.8 Å². The third-order valence-corrected chi connectivity index (χ3v) is 18.2. The number of aliphatic hydroxyl groups is 1. The molecular formula is C89H144O17P2. The molecule has 0 fully saturated rings. The Kier molecular flexibility index (Phi) is 75.0. The number of phosphoric acid groups is 2. The van der Waals surface area contributed by atoms with E-state index in [0.29, 0.717) is 32.1 Å². The predicted octanol–water partition coefficient (Wildman–Crippen LogP) is 24.3. The summed E-state index contributed by atoms with van der Waals surface area (Å²) in [6.07, 6.45) is 95.8. The van der Waals surface area contributed by atoms with E-state index < -0.39 is 97.5 Å². The lowest BCUT2D eigenvalue weighted by Crippen LogP contribution is -2.30. The van der Waals surface area contributed by atoms with Crippen molar-refractivity contribution in [3.8, 4) is 0 Å². The highest BCUT2D eigenvalue weighted by Crippen LogP contribution is 2.45. The second-order valence-corrected chi connectivity index (χ2v) is 29.5. The van der Waals surface area contributed by atoms with Crippen molar-refractivity contribution >= 4 is 39.5 Å². The molecule has 0 saturated carbocycles. The summed E-state index contributed by atoms with van der Waals surface area (Å²) in [7, 11) is -10.0. The normalized spacial score (nSPS) is 14.8. The minimum atomic E-state index is -5.01. The van der Waals surface area contributed by atoms with Crippen LogP contribution in [-0.4, -0.2) is 96.7 Å². The van der Waals surface area contributed by atoms with Gasteiger partial charge in [-0.1, -0.05) is 281 Å². The van der Waals surface area contributed by atoms with E-state index in [1.165, 1.54) is 19.3 Å². The van der Waals surface area contributed by atoms with Crippen LogP contribution >= 0.6 is 15.6 Å². The van der Waals surface area contributed by atoms with Gasteiger partial charge >= 0.3 is 39.5 Å². The van der Waals surface area contributed by atoms with Crippen molar-refractivity contribution in [1.29, 1.82) is 0 Å². The molecular weight excluding hydrogens is 1400 g/mol. The average Bonchev–Trinajstić information content (AvgIpc) is 0.906. The molecule has 0 aliphatic carbocycles. The first-order valence-electron chi connectivity index (χ1n) is 41.0. The Balaban J connectivity index is 5.49. The third kappa shape index (κ3) is 78.3. The van der Waals surface area contributed by atoms with E-state index in [9.17, 15) is 43.2 Å². The number of esters is 4. The van der Waals surface area contributed by atoms with Gasteiger partial charge in [0.25, 0.3) is 0 Å². The zero-order valence-corrected chi connectivity index (χ0v) is 68.7. The lowest BCUT2D eigenvalue weighted by atomic mass is 10.1. The van der Waals surface area contributed by atoms with Crippen molar-refractivity contribution < 1.29 is 80.2 Å². The van der Waals surface area contributed by atoms with E-state index in [1.54, 1.807) is 0 Å². The van der Waals surface area contributed by atoms with Crippen LogP contribution in [0, 0.1) is 0 Å². The molecule has 0 spiro atoms. The molecule has 108 heavy (non-hydrogen) atoms. The van der Waals surface area contributed by atoms with E-state index in [2.05, 4.69) is 198 Å². The van der Waals surface area contributed by atoms with Crippen LogP contribution in [0.4, 0.5) is 0 Å². The lowest BCUT2D eigenvalue weighted by Gasteiger charge is -2.21. The number of ether oxygens (including phenoxy) is 4. The van der Waals surface area contributed by atoms with Crippen LogP contribution in [0.25, 0.3) is 0 Å². The first-order valence-corrected chi connectivity index (χ1v) is 44.0. The summed E-state index contributed by atoms with van der Waals surface area (Å²) in [4.78, 5) is 73.1. The lowest BCUT2D eigenvalue weighted by molar-refractivity contribution is -0.161. The quantitative estimate of drug-likeness (QED) is 0.0169. The molecule has 0 aromatic carbocycles. The molecule has 19 heteroatoms. The van der Waals surface area contributed by atoms with Gasteiger partial charge in [-0.3, -0.25) is 37.3 Å². The Morgan fingerprint density at radius 2 is 0.491 bits per heavy atom. The average molecular weight is 1550 g/mol. The van der Waals surface area contributed by atoms with Crippen LogP contribution in [0.3, 0.4) is 0 Å². The Morgan fingerprint density at radius 3 is 0.778 bits per heavy atom. The van der Waals surface area contributed by atoms with Crippen molar-refractivity contribution in [3.63, 3.8) is 0 Å². The Hall–Kier alpha value is -5.84. The summed E-state index contributed by atoms with van der Waals surface area (Å²) in [6, 6.07) is 0. The van der Waals surface area contributed by atoms with Crippen LogP contribution in [0.5, 0.6) is 0 Å². The van der Waals surface area contributed by atoms with E-state index >= 15 is 0 Å². The summed E-state index contributed by atoms with van der Waals surface area (Å²) in [5.41, 5.74) is 0. The molecule has 0 heterocycles. The van der Waals surface area contributed by atoms with Crippen LogP contribution in [0.15, 0.2) is 182 Å². The number of allylic oxidation sites excluding steroid dienone is 30. The number of phosphoric ester groups is 2. The highest BCUT2D eigenvalue weighted by atomic mass is 31.2. The molecule has 0 amide bonds. The van der Waals surface area contributed by atoms with Crippen molar-refractivity contribution in [2.45, 2.75) is 316 Å². The number of hydrogen-bond donors (Lipinski definition) is 3. The number of unbranched alkanes of at least 4 members (excludes halogenated alkanes) is 19. The standard InChI is InChI=1S/C89H144O17P2/c1-5-9-13-17-21-25-29-33-37-40-41-44-47-50-54-58-62-66-70-74-87(92)100-80-85(106-89(94)76-72-68-64-60-56-52-48-43-39-35-31-27-23-19-15-11-7-3)82-104-108(97,98)102-78-83(90)77-101-107(95,96)103-81-84(105-88(93)75-71-67-63-59-55-51-45-36-32-28-24-20-16-12-8-4)79-99-86(91)73-69-65-61-57-53-49-46-42-38-34-30-26-22-18-14-10-6-2/h10-12,14-16,21-28,33-39,41,44-46,48-49,52,57,61,83-85,90H,5-9,13,17-20,29-32,40,42-43,47,50-51,53-56,58-60,62-82H2,1-4H3,(H,95,96)(H,97,98)/b14-10-,15-11-,16-12-,25-21-,26-22-,27-23-,28-24-,37-33-,38-34-,39-35-,44-41-,45-36-,49-46-,52-48-,61-57-. The summed E-state index contributed by atoms with van der Waals surface area (Å²) in [5, 5.41) is 10.7. The largest absolute Gasteiger partial charge is 0.472 e. The first-order chi connectivity index (χ1) is 52.7. The smallest absolute Gasteiger partial charge is 0.462 e. The first kappa shape index (κ1) is 102. The van der Waals surface area contributed by atoms with E-state index in [4.69, 9.17) is 37.0 Å². The molecule has 0 aromatic rings. The van der Waals surface area contributed by atoms with Gasteiger partial charge in [-0.05, 0) is 173 Å². The molecule has 5 unspecified atom stereocenters. The summed E-state index contributed by atoms with van der Waals surface area (Å²) in [6.45, 7) is 4.37. The maximum atomic E-state index is 13.1. The molecule has 0 aliphatic heterocycles. The number of hydrogen-bond acceptors (Lipinski definition) is 15. The maximum Gasteiger partial charge on any atom is 0.472 e. The van der Waals surface area contributed by atoms with Gasteiger partial charge in [0.05, 0.1) is 26.4 Å². The summed E-state index contributed by atoms with van der Waals surface area (Å²) >= 11 is 0. The molecule has 0 saturated heterocycles. The van der Waals surface area contributed by atoms with Crippen LogP contribution in [-0.2, 0) is 65.4 Å². The maximum absolute atomic E-state index is 13.1. The van der Waals surface area contributed by atoms with Crippen molar-refractivity contribution in [2.24, 2.45) is 0 Å². The minimum absolute atomic E-state index is 0.0556. The fourth-order valence-electron chi connectivity index (χ4n) is 10.2. The second kappa shape index (κ2) is 79.3. The van der Waals surface area contributed by atoms with Gasteiger partial charge in [-0.15, -0.1) is 0 Å². The van der Waals surface area contributed by atoms with Gasteiger partial charge in [-0.25, -0.2) is 9.13 Å². The van der Waals surface area contributed by atoms with E-state index in [1.807, 2.05) is 12.2 Å². The van der Waals surface area contributed by atoms with E-state index in [-0.39, 0.29) is 25.7 Å². The molecule has 5 atom stereocenters. The molecule has 0 rings (SSSR count). The predicted molar refractivity (Wildman–Crippen MR) is 445 cm³/mol. The summed E-state index contributed by atoms with van der Waals surface area (Å²) < 4.78 is 68.6. The van der Waals surface area contributed by atoms with Gasteiger partial charge in [0.1, 0.15) is 19.3 Å². The fraction of sp³-hybridized carbons (Fsp3) is 0.618. The Bertz CT molecular complexity index is 2760. The highest BCUT2D eigenvalue weighted by Gasteiger charge is 2.30. The SMILES string of the molecule is CC/C=C\C/C=C\C/C=C\C/C=C\C/C=C\CCCC(=O)OCC(COP(=O)(O)OCC(O)COP(=O)(O)OCC(COC(=O)CCCCCCCC/C=C\C/C=C\C/C=C\CCCCC)OC(=O)CCCCCC/C=C\C/C=C\C/C=C\C/C=C\CC)OC(=O)CCCCCCC/C=C\C/C=C\C/C=C\CC. The van der Waals surface area contributed by atoms with Crippen molar-refractivity contribution in [2.75, 3.05) is 39.6 Å². The van der Waals surface area contributed by atoms with Crippen molar-refractivity contribution in [1.82, 2.24) is 0 Å². The number of rotatable bonds is 75. The Morgan fingerprint density at radius 1 is 0.269 bits per heavy atom. The third-order valence-electron chi connectivity index (χ3n) is 16.3. The molecule has 0 aromatic heterocycles. The topological polar surface area (TPSA) is 237 Å². The zero-order chi connectivity index (χ0) is 78.9. The van der Waals surface area contributed by atoms with Crippen LogP contribution in [0.1, 0.15) is 297 Å². The number of carbonyl (C=O) groups is 4. The van der Waals surface area contributed by atoms with E-state index in [0.717, 1.165) is 193 Å². The molecule has 0 radical (unpaired) electrons. The minimum Gasteiger partial charge on any atom is -0.462 e. The molecule has 612 valence electrons. The van der Waals surface area contributed by atoms with Crippen LogP contribution in [0.2, 0.25) is 0 Å². The summed E-state index contributed by atoms with van der Waals surface area (Å²) in [5.74, 6) is -2.32. The Labute approximate surface area is 654 Å². The monoisotopic (exact) mass is 1550 g/mol. The fourth-order valence-corrected chi connectivity index (χ4v) is 11.8. The van der Waals surface area contributed by atoms with Crippen LogP contribution < -0.4 is 0 Å². The van der Waals surface area contributed by atoms with Gasteiger partial charge in [0, 0.05) is 25.7 Å². The second-order valence-electron chi connectivity index (χ2n) is 26.6. The molecule has 0 aliphatic rings. The van der Waals surface area contributed by atoms with Crippen molar-refractivity contribution in [3.05, 3.63) is 182 Å². The number of aliphatic hydroxyl groups excluding tert-OH is 1. The zero-order valence-electron chi connectivity index (χ0n) is 66.9. The highest BCUT2D eigenvalue weighted by molar-refractivity contribution is 7.47. The molecule has 17 nitrogen and oxygen atoms in total. The molecule has 3 N–H and O–H groups in total. The van der Waals surface area contributed by atoms with Gasteiger partial charge in [0.2, 0.25) is 0 Å². The van der Waals surface area contributed by atoms with Gasteiger partial charge in [0.15, 0.2) is 12.2 Å². The van der Waals surface area contributed by atoms with Gasteiger partial charge in [-0.2, -0.15) is 0 Å².